The first-order valence-electron chi connectivity index (χ1n) is 6.08. The summed E-state index contributed by atoms with van der Waals surface area (Å²) in [6.45, 7) is 3.15. The molecule has 0 radical (unpaired) electrons. The average molecular weight is 232 g/mol. The van der Waals surface area contributed by atoms with Crippen LogP contribution >= 0.6 is 0 Å². The Morgan fingerprint density at radius 3 is 2.69 bits per heavy atom. The zero-order chi connectivity index (χ0) is 11.4. The number of ether oxygens (including phenoxy) is 1. The Hall–Kier alpha value is -0.863. The minimum absolute atomic E-state index is 0.0914. The van der Waals surface area contributed by atoms with Crippen LogP contribution in [0.3, 0.4) is 0 Å². The van der Waals surface area contributed by atoms with Crippen LogP contribution in [0.15, 0.2) is 35.9 Å². The molecule has 0 N–H and O–H groups in total. The summed E-state index contributed by atoms with van der Waals surface area (Å²) in [4.78, 5) is 0. The summed E-state index contributed by atoms with van der Waals surface area (Å²) in [5, 5.41) is 0.0914. The van der Waals surface area contributed by atoms with Gasteiger partial charge in [0.05, 0.1) is 5.22 Å². The van der Waals surface area contributed by atoms with Gasteiger partial charge in [0.1, 0.15) is 0 Å². The molecule has 0 amide bonds. The summed E-state index contributed by atoms with van der Waals surface area (Å²) in [7, 11) is 1.08. The molecule has 1 aliphatic rings. The first kappa shape index (κ1) is 11.6. The monoisotopic (exact) mass is 232 g/mol. The van der Waals surface area contributed by atoms with E-state index < -0.39 is 0 Å². The van der Waals surface area contributed by atoms with Crippen LogP contribution in [0.5, 0.6) is 0 Å². The van der Waals surface area contributed by atoms with Crippen molar-refractivity contribution in [2.24, 2.45) is 0 Å². The summed E-state index contributed by atoms with van der Waals surface area (Å²) in [5.41, 5.74) is 2.68. The Labute approximate surface area is 101 Å². The largest absolute Gasteiger partial charge is 0.375 e. The molecule has 1 aromatic rings. The van der Waals surface area contributed by atoms with Gasteiger partial charge in [-0.1, -0.05) is 36.4 Å². The molecule has 0 aliphatic carbocycles. The second kappa shape index (κ2) is 4.98. The van der Waals surface area contributed by atoms with Crippen molar-refractivity contribution < 1.29 is 4.74 Å². The predicted molar refractivity (Wildman–Crippen MR) is 72.6 cm³/mol. The highest BCUT2D eigenvalue weighted by Crippen LogP contribution is 2.29. The minimum atomic E-state index is 0.0914. The third-order valence-electron chi connectivity index (χ3n) is 3.49. The highest BCUT2D eigenvalue weighted by molar-refractivity contribution is 6.17. The van der Waals surface area contributed by atoms with E-state index in [1.54, 1.807) is 0 Å². The molecule has 1 saturated heterocycles. The maximum atomic E-state index is 5.99. The molecule has 1 fully saturated rings. The van der Waals surface area contributed by atoms with Gasteiger partial charge in [-0.15, -0.1) is 0 Å². The van der Waals surface area contributed by atoms with Gasteiger partial charge in [0, 0.05) is 16.8 Å². The van der Waals surface area contributed by atoms with E-state index in [1.165, 1.54) is 30.4 Å². The van der Waals surface area contributed by atoms with Crippen molar-refractivity contribution in [3.8, 4) is 0 Å². The first-order valence-corrected chi connectivity index (χ1v) is 7.08. The quantitative estimate of drug-likeness (QED) is 0.711. The van der Waals surface area contributed by atoms with Crippen LogP contribution < -0.4 is 0 Å². The lowest BCUT2D eigenvalue weighted by Crippen LogP contribution is -2.37. The zero-order valence-electron chi connectivity index (χ0n) is 10.2. The molecule has 1 atom stereocenters. The third-order valence-corrected chi connectivity index (χ3v) is 5.06. The fourth-order valence-corrected chi connectivity index (χ4v) is 2.90. The minimum Gasteiger partial charge on any atom is -0.375 e. The standard InChI is InChI=1S/C14H20OSi/c1-12(11-13-7-3-2-4-8-13)14(16)9-5-6-10-15-14/h2-4,7-8,11H,5-6,9-10H2,1,16H3. The van der Waals surface area contributed by atoms with Crippen LogP contribution in [-0.2, 0) is 4.74 Å². The van der Waals surface area contributed by atoms with E-state index in [2.05, 4.69) is 43.3 Å². The van der Waals surface area contributed by atoms with Gasteiger partial charge >= 0.3 is 0 Å². The van der Waals surface area contributed by atoms with E-state index in [0.717, 1.165) is 16.8 Å². The summed E-state index contributed by atoms with van der Waals surface area (Å²) in [6.07, 6.45) is 6.01. The number of hydrogen-bond donors (Lipinski definition) is 0. The molecule has 1 aliphatic heterocycles. The molecule has 2 rings (SSSR count). The van der Waals surface area contributed by atoms with Crippen molar-refractivity contribution >= 4 is 16.3 Å². The summed E-state index contributed by atoms with van der Waals surface area (Å²) in [6, 6.07) is 10.5. The molecule has 0 saturated carbocycles. The van der Waals surface area contributed by atoms with Crippen molar-refractivity contribution in [3.63, 3.8) is 0 Å². The molecule has 2 heteroatoms. The van der Waals surface area contributed by atoms with Gasteiger partial charge in [0.25, 0.3) is 0 Å². The van der Waals surface area contributed by atoms with E-state index in [4.69, 9.17) is 4.74 Å². The lowest BCUT2D eigenvalue weighted by atomic mass is 9.99. The highest BCUT2D eigenvalue weighted by atomic mass is 28.1. The van der Waals surface area contributed by atoms with Crippen molar-refractivity contribution in [1.82, 2.24) is 0 Å². The van der Waals surface area contributed by atoms with Gasteiger partial charge in [0.15, 0.2) is 0 Å². The first-order chi connectivity index (χ1) is 7.71. The van der Waals surface area contributed by atoms with E-state index in [-0.39, 0.29) is 5.22 Å². The van der Waals surface area contributed by atoms with Crippen LogP contribution in [-0.4, -0.2) is 22.1 Å². The Kier molecular flexibility index (Phi) is 3.61. The number of benzene rings is 1. The second-order valence-corrected chi connectivity index (χ2v) is 6.39. The predicted octanol–water partition coefficient (Wildman–Crippen LogP) is 2.35. The van der Waals surface area contributed by atoms with Gasteiger partial charge in [-0.25, -0.2) is 0 Å². The fourth-order valence-electron chi connectivity index (χ4n) is 2.20. The molecular weight excluding hydrogens is 212 g/mol. The molecule has 16 heavy (non-hydrogen) atoms. The van der Waals surface area contributed by atoms with Crippen LogP contribution in [0.25, 0.3) is 6.08 Å². The topological polar surface area (TPSA) is 9.23 Å². The SMILES string of the molecule is CC(=Cc1ccccc1)C1([SiH3])CCCCO1. The van der Waals surface area contributed by atoms with Crippen molar-refractivity contribution in [2.75, 3.05) is 6.61 Å². The molecule has 0 spiro atoms. The third kappa shape index (κ3) is 2.63. The Morgan fingerprint density at radius 2 is 2.06 bits per heavy atom. The van der Waals surface area contributed by atoms with Gasteiger partial charge in [-0.2, -0.15) is 0 Å². The summed E-state index contributed by atoms with van der Waals surface area (Å²) in [5.74, 6) is 0. The molecule has 1 unspecified atom stereocenters. The summed E-state index contributed by atoms with van der Waals surface area (Å²) < 4.78 is 5.99. The maximum absolute atomic E-state index is 5.99. The number of hydrogen-bond acceptors (Lipinski definition) is 1. The van der Waals surface area contributed by atoms with Gasteiger partial charge < -0.3 is 4.74 Å². The zero-order valence-corrected chi connectivity index (χ0v) is 12.2. The van der Waals surface area contributed by atoms with E-state index in [9.17, 15) is 0 Å². The van der Waals surface area contributed by atoms with Gasteiger partial charge in [-0.3, -0.25) is 0 Å². The Bertz CT molecular complexity index is 364. The molecule has 86 valence electrons. The highest BCUT2D eigenvalue weighted by Gasteiger charge is 2.29. The Morgan fingerprint density at radius 1 is 1.31 bits per heavy atom. The van der Waals surface area contributed by atoms with Crippen LogP contribution in [0.4, 0.5) is 0 Å². The van der Waals surface area contributed by atoms with Crippen LogP contribution in [0.2, 0.25) is 0 Å². The van der Waals surface area contributed by atoms with E-state index >= 15 is 0 Å². The summed E-state index contributed by atoms with van der Waals surface area (Å²) >= 11 is 0. The average Bonchev–Trinajstić information content (AvgIpc) is 2.31. The number of rotatable bonds is 2. The van der Waals surface area contributed by atoms with Crippen LogP contribution in [0, 0.1) is 0 Å². The van der Waals surface area contributed by atoms with Gasteiger partial charge in [-0.05, 0) is 37.3 Å². The maximum Gasteiger partial charge on any atom is 0.0684 e. The fraction of sp³-hybridized carbons (Fsp3) is 0.429. The van der Waals surface area contributed by atoms with Crippen LogP contribution in [0.1, 0.15) is 31.7 Å². The van der Waals surface area contributed by atoms with Crippen molar-refractivity contribution in [2.45, 2.75) is 31.4 Å². The molecular formula is C14H20OSi. The van der Waals surface area contributed by atoms with Gasteiger partial charge in [0.2, 0.25) is 0 Å². The van der Waals surface area contributed by atoms with Crippen molar-refractivity contribution in [3.05, 3.63) is 41.5 Å². The molecule has 1 nitrogen and oxygen atoms in total. The molecule has 1 heterocycles. The lowest BCUT2D eigenvalue weighted by Gasteiger charge is -2.35. The Balaban J connectivity index is 2.17. The van der Waals surface area contributed by atoms with E-state index in [0.29, 0.717) is 0 Å². The second-order valence-electron chi connectivity index (χ2n) is 4.77. The normalized spacial score (nSPS) is 26.9. The van der Waals surface area contributed by atoms with Crippen molar-refractivity contribution in [1.29, 1.82) is 0 Å². The lowest BCUT2D eigenvalue weighted by molar-refractivity contribution is 0.00826. The molecule has 1 aromatic carbocycles. The molecule has 0 aromatic heterocycles. The van der Waals surface area contributed by atoms with E-state index in [1.807, 2.05) is 0 Å². The molecule has 0 bridgehead atoms. The smallest absolute Gasteiger partial charge is 0.0684 e.